The van der Waals surface area contributed by atoms with E-state index in [1.807, 2.05) is 0 Å². The van der Waals surface area contributed by atoms with Crippen LogP contribution in [0.25, 0.3) is 0 Å². The SMILES string of the molecule is Cc1nn(C)c(NCCS(N)(=O)=O)c1[N+](=O)[O-]. The van der Waals surface area contributed by atoms with E-state index in [0.29, 0.717) is 0 Å². The van der Waals surface area contributed by atoms with E-state index >= 15 is 0 Å². The second-order valence-electron chi connectivity index (χ2n) is 3.46. The number of hydrogen-bond donors (Lipinski definition) is 2. The van der Waals surface area contributed by atoms with Crippen LogP contribution in [0.15, 0.2) is 0 Å². The van der Waals surface area contributed by atoms with E-state index in [1.165, 1.54) is 18.7 Å². The summed E-state index contributed by atoms with van der Waals surface area (Å²) in [4.78, 5) is 10.2. The zero-order valence-electron chi connectivity index (χ0n) is 9.37. The number of nitrogens with two attached hydrogens (primary N) is 1. The summed E-state index contributed by atoms with van der Waals surface area (Å²) < 4.78 is 22.7. The molecule has 0 aliphatic rings. The van der Waals surface area contributed by atoms with Gasteiger partial charge in [0.15, 0.2) is 0 Å². The topological polar surface area (TPSA) is 133 Å². The molecule has 0 aromatic carbocycles. The summed E-state index contributed by atoms with van der Waals surface area (Å²) in [6.45, 7) is 1.49. The Morgan fingerprint density at radius 3 is 2.65 bits per heavy atom. The van der Waals surface area contributed by atoms with E-state index < -0.39 is 14.9 Å². The number of hydrogen-bond acceptors (Lipinski definition) is 6. The third kappa shape index (κ3) is 3.39. The molecule has 0 fully saturated rings. The van der Waals surface area contributed by atoms with Crippen molar-refractivity contribution in [2.75, 3.05) is 17.6 Å². The van der Waals surface area contributed by atoms with Gasteiger partial charge in [0.05, 0.1) is 10.7 Å². The molecule has 3 N–H and O–H groups in total. The summed E-state index contributed by atoms with van der Waals surface area (Å²) >= 11 is 0. The molecule has 9 nitrogen and oxygen atoms in total. The number of primary sulfonamides is 1. The maximum absolute atomic E-state index is 10.8. The first-order chi connectivity index (χ1) is 7.72. The van der Waals surface area contributed by atoms with Crippen molar-refractivity contribution in [1.29, 1.82) is 0 Å². The standard InChI is InChI=1S/C7H13N5O4S/c1-5-6(12(13)14)7(11(2)10-5)9-3-4-17(8,15)16/h9H,3-4H2,1-2H3,(H2,8,15,16). The number of anilines is 1. The van der Waals surface area contributed by atoms with Gasteiger partial charge in [0.2, 0.25) is 15.8 Å². The van der Waals surface area contributed by atoms with Gasteiger partial charge < -0.3 is 5.32 Å². The van der Waals surface area contributed by atoms with E-state index in [-0.39, 0.29) is 29.5 Å². The quantitative estimate of drug-likeness (QED) is 0.535. The van der Waals surface area contributed by atoms with Crippen molar-refractivity contribution in [3.8, 4) is 0 Å². The van der Waals surface area contributed by atoms with E-state index in [2.05, 4.69) is 10.4 Å². The van der Waals surface area contributed by atoms with Crippen molar-refractivity contribution in [1.82, 2.24) is 9.78 Å². The van der Waals surface area contributed by atoms with Crippen LogP contribution in [-0.2, 0) is 17.1 Å². The molecule has 0 amide bonds. The number of nitro groups is 1. The molecule has 0 aliphatic heterocycles. The lowest BCUT2D eigenvalue weighted by molar-refractivity contribution is -0.384. The largest absolute Gasteiger partial charge is 0.363 e. The molecule has 0 bridgehead atoms. The summed E-state index contributed by atoms with van der Waals surface area (Å²) in [6.07, 6.45) is 0. The van der Waals surface area contributed by atoms with E-state index in [0.717, 1.165) is 0 Å². The first-order valence-electron chi connectivity index (χ1n) is 4.64. The molecule has 1 rings (SSSR count). The maximum atomic E-state index is 10.8. The van der Waals surface area contributed by atoms with Crippen LogP contribution in [0.5, 0.6) is 0 Å². The third-order valence-electron chi connectivity index (χ3n) is 2.05. The van der Waals surface area contributed by atoms with E-state index in [4.69, 9.17) is 5.14 Å². The van der Waals surface area contributed by atoms with Gasteiger partial charge >= 0.3 is 5.69 Å². The molecular formula is C7H13N5O4S. The zero-order valence-corrected chi connectivity index (χ0v) is 10.2. The summed E-state index contributed by atoms with van der Waals surface area (Å²) in [6, 6.07) is 0. The van der Waals surface area contributed by atoms with Crippen LogP contribution in [0.3, 0.4) is 0 Å². The second-order valence-corrected chi connectivity index (χ2v) is 5.19. The Labute approximate surface area is 97.8 Å². The van der Waals surface area contributed by atoms with Gasteiger partial charge in [-0.25, -0.2) is 18.2 Å². The number of aromatic nitrogens is 2. The van der Waals surface area contributed by atoms with Crippen LogP contribution in [0.1, 0.15) is 5.69 Å². The molecule has 96 valence electrons. The predicted molar refractivity (Wildman–Crippen MR) is 61.1 cm³/mol. The molecule has 0 aliphatic carbocycles. The fourth-order valence-electron chi connectivity index (χ4n) is 1.38. The maximum Gasteiger partial charge on any atom is 0.333 e. The number of nitrogens with zero attached hydrogens (tertiary/aromatic N) is 3. The molecule has 1 aromatic rings. The average molecular weight is 263 g/mol. The molecule has 1 heterocycles. The van der Waals surface area contributed by atoms with Gasteiger partial charge in [-0.1, -0.05) is 0 Å². The van der Waals surface area contributed by atoms with Crippen LogP contribution in [-0.4, -0.2) is 35.4 Å². The van der Waals surface area contributed by atoms with Gasteiger partial charge in [0.1, 0.15) is 5.69 Å². The molecule has 0 saturated carbocycles. The molecule has 0 spiro atoms. The highest BCUT2D eigenvalue weighted by atomic mass is 32.2. The first-order valence-corrected chi connectivity index (χ1v) is 6.36. The molecule has 0 saturated heterocycles. The number of nitrogens with one attached hydrogen (secondary N) is 1. The highest BCUT2D eigenvalue weighted by molar-refractivity contribution is 7.89. The van der Waals surface area contributed by atoms with Gasteiger partial charge in [0.25, 0.3) is 0 Å². The van der Waals surface area contributed by atoms with Gasteiger partial charge in [-0.05, 0) is 6.92 Å². The minimum absolute atomic E-state index is 0.0152. The highest BCUT2D eigenvalue weighted by Crippen LogP contribution is 2.26. The summed E-state index contributed by atoms with van der Waals surface area (Å²) in [5.41, 5.74) is 0.0949. The van der Waals surface area contributed by atoms with Crippen LogP contribution < -0.4 is 10.5 Å². The van der Waals surface area contributed by atoms with Gasteiger partial charge in [0, 0.05) is 13.6 Å². The van der Waals surface area contributed by atoms with E-state index in [9.17, 15) is 18.5 Å². The Morgan fingerprint density at radius 1 is 1.59 bits per heavy atom. The number of aryl methyl sites for hydroxylation is 2. The monoisotopic (exact) mass is 263 g/mol. The fourth-order valence-corrected chi connectivity index (χ4v) is 1.76. The minimum Gasteiger partial charge on any atom is -0.363 e. The Bertz CT molecular complexity index is 535. The molecule has 1 aromatic heterocycles. The van der Waals surface area contributed by atoms with Crippen molar-refractivity contribution in [3.05, 3.63) is 15.8 Å². The van der Waals surface area contributed by atoms with Crippen molar-refractivity contribution in [2.45, 2.75) is 6.92 Å². The number of sulfonamides is 1. The molecule has 17 heavy (non-hydrogen) atoms. The van der Waals surface area contributed by atoms with Gasteiger partial charge in [-0.15, -0.1) is 0 Å². The Morgan fingerprint density at radius 2 is 2.18 bits per heavy atom. The molecule has 0 unspecified atom stereocenters. The zero-order chi connectivity index (χ0) is 13.2. The highest BCUT2D eigenvalue weighted by Gasteiger charge is 2.23. The van der Waals surface area contributed by atoms with Crippen LogP contribution in [0.2, 0.25) is 0 Å². The normalized spacial score (nSPS) is 11.5. The average Bonchev–Trinajstić information content (AvgIpc) is 2.39. The minimum atomic E-state index is -3.60. The summed E-state index contributed by atoms with van der Waals surface area (Å²) in [5, 5.41) is 22.1. The summed E-state index contributed by atoms with van der Waals surface area (Å²) in [7, 11) is -2.07. The third-order valence-corrected chi connectivity index (χ3v) is 2.83. The fraction of sp³-hybridized carbons (Fsp3) is 0.571. The van der Waals surface area contributed by atoms with Crippen LogP contribution in [0, 0.1) is 17.0 Å². The van der Waals surface area contributed by atoms with Crippen LogP contribution >= 0.6 is 0 Å². The van der Waals surface area contributed by atoms with Crippen molar-refractivity contribution >= 4 is 21.5 Å². The summed E-state index contributed by atoms with van der Waals surface area (Å²) in [5.74, 6) is -0.148. The van der Waals surface area contributed by atoms with Crippen molar-refractivity contribution in [2.24, 2.45) is 12.2 Å². The number of rotatable bonds is 5. The Balaban J connectivity index is 2.87. The lowest BCUT2D eigenvalue weighted by Crippen LogP contribution is -2.23. The Hall–Kier alpha value is -1.68. The molecule has 10 heteroatoms. The predicted octanol–water partition coefficient (Wildman–Crippen LogP) is -0.663. The smallest absolute Gasteiger partial charge is 0.333 e. The van der Waals surface area contributed by atoms with Crippen LogP contribution in [0.4, 0.5) is 11.5 Å². The van der Waals surface area contributed by atoms with Gasteiger partial charge in [-0.3, -0.25) is 10.1 Å². The van der Waals surface area contributed by atoms with Crippen molar-refractivity contribution < 1.29 is 13.3 Å². The molecule has 0 radical (unpaired) electrons. The van der Waals surface area contributed by atoms with Gasteiger partial charge in [-0.2, -0.15) is 5.10 Å². The Kier molecular flexibility index (Phi) is 3.68. The molecule has 0 atom stereocenters. The first kappa shape index (κ1) is 13.4. The lowest BCUT2D eigenvalue weighted by Gasteiger charge is -2.04. The lowest BCUT2D eigenvalue weighted by atomic mass is 10.4. The second kappa shape index (κ2) is 4.67. The molecular weight excluding hydrogens is 250 g/mol. The van der Waals surface area contributed by atoms with Crippen molar-refractivity contribution in [3.63, 3.8) is 0 Å². The van der Waals surface area contributed by atoms with E-state index in [1.54, 1.807) is 0 Å².